The average Bonchev–Trinajstić information content (AvgIpc) is 2.57. The molecule has 84 valence electrons. The fourth-order valence-electron chi connectivity index (χ4n) is 1.56. The van der Waals surface area contributed by atoms with Gasteiger partial charge in [0.05, 0.1) is 16.5 Å². The van der Waals surface area contributed by atoms with E-state index in [2.05, 4.69) is 20.9 Å². The van der Waals surface area contributed by atoms with Gasteiger partial charge in [0.15, 0.2) is 0 Å². The molecule has 0 bridgehead atoms. The molecule has 0 unspecified atom stereocenters. The van der Waals surface area contributed by atoms with E-state index >= 15 is 0 Å². The molecule has 1 heterocycles. The molecule has 0 saturated carbocycles. The van der Waals surface area contributed by atoms with Crippen LogP contribution in [0, 0.1) is 19.7 Å². The van der Waals surface area contributed by atoms with Gasteiger partial charge in [-0.3, -0.25) is 0 Å². The molecule has 0 atom stereocenters. The summed E-state index contributed by atoms with van der Waals surface area (Å²) in [6.07, 6.45) is 1.78. The Kier molecular flexibility index (Phi) is 3.10. The lowest BCUT2D eigenvalue weighted by molar-refractivity contribution is 0.615. The standard InChI is InChI=1S/C12H12BrFN2/c1-8-9(2)16(7-15-8)6-10-4-3-5-11(14)12(10)13/h3-5,7H,6H2,1-2H3. The summed E-state index contributed by atoms with van der Waals surface area (Å²) >= 11 is 3.26. The molecule has 16 heavy (non-hydrogen) atoms. The molecule has 0 saturated heterocycles. The molecule has 0 radical (unpaired) electrons. The van der Waals surface area contributed by atoms with Crippen molar-refractivity contribution in [3.05, 3.63) is 51.8 Å². The molecule has 0 amide bonds. The maximum Gasteiger partial charge on any atom is 0.137 e. The Morgan fingerprint density at radius 2 is 2.12 bits per heavy atom. The van der Waals surface area contributed by atoms with Crippen LogP contribution in [0.25, 0.3) is 0 Å². The van der Waals surface area contributed by atoms with Crippen molar-refractivity contribution in [3.63, 3.8) is 0 Å². The normalized spacial score (nSPS) is 10.8. The molecule has 2 nitrogen and oxygen atoms in total. The molecule has 2 rings (SSSR count). The minimum atomic E-state index is -0.230. The molecule has 0 fully saturated rings. The third-order valence-electron chi connectivity index (χ3n) is 2.72. The van der Waals surface area contributed by atoms with Crippen molar-refractivity contribution in [2.75, 3.05) is 0 Å². The van der Waals surface area contributed by atoms with Crippen molar-refractivity contribution >= 4 is 15.9 Å². The van der Waals surface area contributed by atoms with Crippen molar-refractivity contribution in [1.82, 2.24) is 9.55 Å². The van der Waals surface area contributed by atoms with E-state index in [-0.39, 0.29) is 5.82 Å². The number of rotatable bonds is 2. The molecule has 2 aromatic rings. The smallest absolute Gasteiger partial charge is 0.137 e. The van der Waals surface area contributed by atoms with Gasteiger partial charge in [-0.05, 0) is 41.4 Å². The Morgan fingerprint density at radius 3 is 2.75 bits per heavy atom. The Bertz CT molecular complexity index is 520. The van der Waals surface area contributed by atoms with Crippen molar-refractivity contribution in [2.45, 2.75) is 20.4 Å². The van der Waals surface area contributed by atoms with Gasteiger partial charge in [0.2, 0.25) is 0 Å². The molecule has 0 aliphatic rings. The Hall–Kier alpha value is -1.16. The third kappa shape index (κ3) is 2.02. The zero-order chi connectivity index (χ0) is 11.7. The second kappa shape index (κ2) is 4.37. The summed E-state index contributed by atoms with van der Waals surface area (Å²) in [6.45, 7) is 4.60. The maximum absolute atomic E-state index is 13.3. The van der Waals surface area contributed by atoms with Gasteiger partial charge in [-0.1, -0.05) is 12.1 Å². The molecule has 0 aliphatic heterocycles. The largest absolute Gasteiger partial charge is 0.330 e. The quantitative estimate of drug-likeness (QED) is 0.825. The summed E-state index contributed by atoms with van der Waals surface area (Å²) in [4.78, 5) is 4.22. The summed E-state index contributed by atoms with van der Waals surface area (Å²) in [7, 11) is 0. The lowest BCUT2D eigenvalue weighted by Gasteiger charge is -2.08. The highest BCUT2D eigenvalue weighted by Crippen LogP contribution is 2.21. The number of benzene rings is 1. The maximum atomic E-state index is 13.3. The fraction of sp³-hybridized carbons (Fsp3) is 0.250. The SMILES string of the molecule is Cc1ncn(Cc2cccc(F)c2Br)c1C. The van der Waals surface area contributed by atoms with Crippen LogP contribution < -0.4 is 0 Å². The second-order valence-electron chi connectivity index (χ2n) is 3.76. The zero-order valence-corrected chi connectivity index (χ0v) is 10.8. The van der Waals surface area contributed by atoms with Gasteiger partial charge in [0, 0.05) is 12.2 Å². The van der Waals surface area contributed by atoms with Crippen LogP contribution in [0.4, 0.5) is 4.39 Å². The van der Waals surface area contributed by atoms with Gasteiger partial charge in [-0.2, -0.15) is 0 Å². The molecule has 0 spiro atoms. The Labute approximate surface area is 102 Å². The minimum absolute atomic E-state index is 0.230. The van der Waals surface area contributed by atoms with Crippen LogP contribution in [-0.2, 0) is 6.54 Å². The summed E-state index contributed by atoms with van der Waals surface area (Å²) < 4.78 is 15.9. The second-order valence-corrected chi connectivity index (χ2v) is 4.55. The van der Waals surface area contributed by atoms with E-state index in [4.69, 9.17) is 0 Å². The first-order valence-electron chi connectivity index (χ1n) is 5.01. The fourth-order valence-corrected chi connectivity index (χ4v) is 1.95. The third-order valence-corrected chi connectivity index (χ3v) is 3.61. The summed E-state index contributed by atoms with van der Waals surface area (Å²) in [6, 6.07) is 5.07. The molecule has 0 N–H and O–H groups in total. The predicted octanol–water partition coefficient (Wildman–Crippen LogP) is 3.45. The van der Waals surface area contributed by atoms with E-state index in [1.807, 2.05) is 24.5 Å². The van der Waals surface area contributed by atoms with Gasteiger partial charge < -0.3 is 4.57 Å². The Morgan fingerprint density at radius 1 is 1.38 bits per heavy atom. The van der Waals surface area contributed by atoms with E-state index in [9.17, 15) is 4.39 Å². The van der Waals surface area contributed by atoms with E-state index in [0.29, 0.717) is 11.0 Å². The van der Waals surface area contributed by atoms with Gasteiger partial charge >= 0.3 is 0 Å². The van der Waals surface area contributed by atoms with Crippen LogP contribution in [0.1, 0.15) is 17.0 Å². The van der Waals surface area contributed by atoms with E-state index in [0.717, 1.165) is 17.0 Å². The van der Waals surface area contributed by atoms with Crippen molar-refractivity contribution < 1.29 is 4.39 Å². The van der Waals surface area contributed by atoms with Crippen LogP contribution in [0.5, 0.6) is 0 Å². The first-order chi connectivity index (χ1) is 7.59. The van der Waals surface area contributed by atoms with Crippen LogP contribution in [0.3, 0.4) is 0 Å². The summed E-state index contributed by atoms with van der Waals surface area (Å²) in [5, 5.41) is 0. The van der Waals surface area contributed by atoms with Gasteiger partial charge in [0.25, 0.3) is 0 Å². The van der Waals surface area contributed by atoms with Crippen molar-refractivity contribution in [2.24, 2.45) is 0 Å². The first kappa shape index (κ1) is 11.3. The van der Waals surface area contributed by atoms with Gasteiger partial charge in [-0.25, -0.2) is 9.37 Å². The number of nitrogens with zero attached hydrogens (tertiary/aromatic N) is 2. The highest BCUT2D eigenvalue weighted by molar-refractivity contribution is 9.10. The number of halogens is 2. The lowest BCUT2D eigenvalue weighted by Crippen LogP contribution is -2.02. The Balaban J connectivity index is 2.34. The average molecular weight is 283 g/mol. The highest BCUT2D eigenvalue weighted by atomic mass is 79.9. The summed E-state index contributed by atoms with van der Waals surface area (Å²) in [5.41, 5.74) is 3.03. The zero-order valence-electron chi connectivity index (χ0n) is 9.17. The van der Waals surface area contributed by atoms with E-state index in [1.165, 1.54) is 6.07 Å². The highest BCUT2D eigenvalue weighted by Gasteiger charge is 2.08. The lowest BCUT2D eigenvalue weighted by atomic mass is 10.2. The van der Waals surface area contributed by atoms with Crippen molar-refractivity contribution in [3.8, 4) is 0 Å². The van der Waals surface area contributed by atoms with Crippen LogP contribution in [0.2, 0.25) is 0 Å². The number of aromatic nitrogens is 2. The molecular weight excluding hydrogens is 271 g/mol. The van der Waals surface area contributed by atoms with Gasteiger partial charge in [-0.15, -0.1) is 0 Å². The van der Waals surface area contributed by atoms with E-state index in [1.54, 1.807) is 12.4 Å². The number of aryl methyl sites for hydroxylation is 1. The number of hydrogen-bond donors (Lipinski definition) is 0. The monoisotopic (exact) mass is 282 g/mol. The van der Waals surface area contributed by atoms with Gasteiger partial charge in [0.1, 0.15) is 5.82 Å². The molecule has 1 aromatic carbocycles. The van der Waals surface area contributed by atoms with Crippen LogP contribution in [-0.4, -0.2) is 9.55 Å². The summed E-state index contributed by atoms with van der Waals surface area (Å²) in [5.74, 6) is -0.230. The number of hydrogen-bond acceptors (Lipinski definition) is 1. The topological polar surface area (TPSA) is 17.8 Å². The molecular formula is C12H12BrFN2. The van der Waals surface area contributed by atoms with Crippen LogP contribution >= 0.6 is 15.9 Å². The van der Waals surface area contributed by atoms with E-state index < -0.39 is 0 Å². The molecule has 4 heteroatoms. The minimum Gasteiger partial charge on any atom is -0.330 e. The first-order valence-corrected chi connectivity index (χ1v) is 5.80. The predicted molar refractivity (Wildman–Crippen MR) is 64.9 cm³/mol. The number of imidazole rings is 1. The van der Waals surface area contributed by atoms with Crippen LogP contribution in [0.15, 0.2) is 29.0 Å². The molecule has 1 aromatic heterocycles. The van der Waals surface area contributed by atoms with Crippen molar-refractivity contribution in [1.29, 1.82) is 0 Å². The molecule has 0 aliphatic carbocycles.